The molecule has 3 rings (SSSR count). The van der Waals surface area contributed by atoms with Crippen LogP contribution < -0.4 is 5.32 Å². The van der Waals surface area contributed by atoms with Crippen molar-refractivity contribution in [3.8, 4) is 0 Å². The van der Waals surface area contributed by atoms with E-state index in [1.54, 1.807) is 18.2 Å². The Hall–Kier alpha value is -1.66. The summed E-state index contributed by atoms with van der Waals surface area (Å²) >= 11 is 12.2. The van der Waals surface area contributed by atoms with Gasteiger partial charge in [0.25, 0.3) is 0 Å². The summed E-state index contributed by atoms with van der Waals surface area (Å²) in [7, 11) is 0. The fraction of sp³-hybridized carbons (Fsp3) is 0.316. The van der Waals surface area contributed by atoms with Crippen molar-refractivity contribution < 1.29 is 9.18 Å². The minimum atomic E-state index is -0.320. The van der Waals surface area contributed by atoms with Gasteiger partial charge in [-0.15, -0.1) is 0 Å². The molecule has 2 aromatic carbocycles. The first-order chi connectivity index (χ1) is 12.5. The highest BCUT2D eigenvalue weighted by Gasteiger charge is 2.19. The van der Waals surface area contributed by atoms with Gasteiger partial charge in [-0.3, -0.25) is 14.6 Å². The summed E-state index contributed by atoms with van der Waals surface area (Å²) in [5.74, 6) is -0.411. The number of carbonyl (C=O) groups excluding carboxylic acids is 1. The van der Waals surface area contributed by atoms with Crippen LogP contribution in [0.15, 0.2) is 42.5 Å². The minimum absolute atomic E-state index is 0.0918. The number of halogens is 3. The zero-order chi connectivity index (χ0) is 18.5. The van der Waals surface area contributed by atoms with E-state index in [1.165, 1.54) is 12.1 Å². The quantitative estimate of drug-likeness (QED) is 0.833. The van der Waals surface area contributed by atoms with E-state index in [0.29, 0.717) is 22.3 Å². The molecule has 4 nitrogen and oxygen atoms in total. The Bertz CT molecular complexity index is 762. The van der Waals surface area contributed by atoms with Crippen LogP contribution in [-0.4, -0.2) is 48.4 Å². The molecule has 1 N–H and O–H groups in total. The smallest absolute Gasteiger partial charge is 0.238 e. The summed E-state index contributed by atoms with van der Waals surface area (Å²) in [6, 6.07) is 11.3. The number of nitrogens with zero attached hydrogens (tertiary/aromatic N) is 2. The Morgan fingerprint density at radius 1 is 1.00 bits per heavy atom. The van der Waals surface area contributed by atoms with Crippen molar-refractivity contribution in [3.63, 3.8) is 0 Å². The van der Waals surface area contributed by atoms with Gasteiger partial charge in [-0.1, -0.05) is 29.3 Å². The third-order valence-electron chi connectivity index (χ3n) is 4.37. The predicted molar refractivity (Wildman–Crippen MR) is 103 cm³/mol. The lowest BCUT2D eigenvalue weighted by Crippen LogP contribution is -2.48. The van der Waals surface area contributed by atoms with Crippen molar-refractivity contribution in [3.05, 3.63) is 63.9 Å². The van der Waals surface area contributed by atoms with Gasteiger partial charge in [-0.25, -0.2) is 4.39 Å². The first-order valence-electron chi connectivity index (χ1n) is 8.43. The van der Waals surface area contributed by atoms with Gasteiger partial charge in [0.05, 0.1) is 6.54 Å². The van der Waals surface area contributed by atoms with Crippen molar-refractivity contribution in [1.82, 2.24) is 9.80 Å². The molecule has 138 valence electrons. The monoisotopic (exact) mass is 395 g/mol. The molecule has 1 aliphatic heterocycles. The highest BCUT2D eigenvalue weighted by Crippen LogP contribution is 2.22. The molecular formula is C19H20Cl2FN3O. The molecule has 2 aromatic rings. The summed E-state index contributed by atoms with van der Waals surface area (Å²) in [5, 5.41) is 4.10. The van der Waals surface area contributed by atoms with Crippen LogP contribution in [0.2, 0.25) is 10.0 Å². The van der Waals surface area contributed by atoms with Gasteiger partial charge >= 0.3 is 0 Å². The van der Waals surface area contributed by atoms with Crippen LogP contribution in [-0.2, 0) is 11.3 Å². The maximum absolute atomic E-state index is 12.9. The van der Waals surface area contributed by atoms with Gasteiger partial charge in [0.1, 0.15) is 5.82 Å². The zero-order valence-electron chi connectivity index (χ0n) is 14.2. The molecule has 0 unspecified atom stereocenters. The Labute approximate surface area is 162 Å². The largest absolute Gasteiger partial charge is 0.325 e. The molecule has 0 aliphatic carbocycles. The molecule has 1 amide bonds. The van der Waals surface area contributed by atoms with Gasteiger partial charge in [0, 0.05) is 48.5 Å². The average molecular weight is 396 g/mol. The van der Waals surface area contributed by atoms with E-state index in [4.69, 9.17) is 23.2 Å². The second-order valence-corrected chi connectivity index (χ2v) is 7.19. The van der Waals surface area contributed by atoms with Crippen molar-refractivity contribution in [2.24, 2.45) is 0 Å². The van der Waals surface area contributed by atoms with Gasteiger partial charge in [0.2, 0.25) is 5.91 Å². The van der Waals surface area contributed by atoms with Crippen LogP contribution >= 0.6 is 23.2 Å². The molecule has 0 aromatic heterocycles. The maximum Gasteiger partial charge on any atom is 0.238 e. The summed E-state index contributed by atoms with van der Waals surface area (Å²) in [6.07, 6.45) is 0. The first-order valence-corrected chi connectivity index (χ1v) is 9.19. The molecule has 7 heteroatoms. The zero-order valence-corrected chi connectivity index (χ0v) is 15.7. The second-order valence-electron chi connectivity index (χ2n) is 6.34. The SMILES string of the molecule is O=C(CN1CCN(Cc2ccc(Cl)cc2Cl)CC1)Nc1ccc(F)cc1. The van der Waals surface area contributed by atoms with Gasteiger partial charge in [-0.05, 0) is 42.0 Å². The summed E-state index contributed by atoms with van der Waals surface area (Å²) in [4.78, 5) is 16.5. The number of benzene rings is 2. The number of hydrogen-bond acceptors (Lipinski definition) is 3. The van der Waals surface area contributed by atoms with Crippen LogP contribution in [0.4, 0.5) is 10.1 Å². The normalized spacial score (nSPS) is 15.8. The minimum Gasteiger partial charge on any atom is -0.325 e. The number of anilines is 1. The second kappa shape index (κ2) is 8.82. The first kappa shape index (κ1) is 19.1. The maximum atomic E-state index is 12.9. The summed E-state index contributed by atoms with van der Waals surface area (Å²) in [5.41, 5.74) is 1.66. The van der Waals surface area contributed by atoms with Gasteiger partial charge in [-0.2, -0.15) is 0 Å². The van der Waals surface area contributed by atoms with Crippen molar-refractivity contribution >= 4 is 34.8 Å². The molecule has 0 radical (unpaired) electrons. The molecule has 0 spiro atoms. The molecule has 0 bridgehead atoms. The third-order valence-corrected chi connectivity index (χ3v) is 4.96. The predicted octanol–water partition coefficient (Wildman–Crippen LogP) is 3.89. The van der Waals surface area contributed by atoms with Crippen LogP contribution in [0.1, 0.15) is 5.56 Å². The molecule has 1 saturated heterocycles. The van der Waals surface area contributed by atoms with Crippen molar-refractivity contribution in [2.75, 3.05) is 38.0 Å². The number of hydrogen-bond donors (Lipinski definition) is 1. The van der Waals surface area contributed by atoms with E-state index in [9.17, 15) is 9.18 Å². The molecule has 26 heavy (non-hydrogen) atoms. The molecule has 1 heterocycles. The summed E-state index contributed by atoms with van der Waals surface area (Å²) in [6.45, 7) is 4.44. The lowest BCUT2D eigenvalue weighted by Gasteiger charge is -2.34. The van der Waals surface area contributed by atoms with Crippen LogP contribution in [0.25, 0.3) is 0 Å². The topological polar surface area (TPSA) is 35.6 Å². The van der Waals surface area contributed by atoms with Gasteiger partial charge < -0.3 is 5.32 Å². The van der Waals surface area contributed by atoms with E-state index in [1.807, 2.05) is 12.1 Å². The standard InChI is InChI=1S/C19H20Cl2FN3O/c20-15-2-1-14(18(21)11-15)12-24-7-9-25(10-8-24)13-19(26)23-17-5-3-16(22)4-6-17/h1-6,11H,7-10,12-13H2,(H,23,26). The lowest BCUT2D eigenvalue weighted by molar-refractivity contribution is -0.117. The number of amides is 1. The highest BCUT2D eigenvalue weighted by molar-refractivity contribution is 6.35. The Kier molecular flexibility index (Phi) is 6.48. The lowest BCUT2D eigenvalue weighted by atomic mass is 10.2. The molecule has 0 atom stereocenters. The van der Waals surface area contributed by atoms with E-state index >= 15 is 0 Å². The van der Waals surface area contributed by atoms with E-state index in [2.05, 4.69) is 15.1 Å². The molecular weight excluding hydrogens is 376 g/mol. The Morgan fingerprint density at radius 2 is 1.65 bits per heavy atom. The average Bonchev–Trinajstić information content (AvgIpc) is 2.61. The number of piperazine rings is 1. The van der Waals surface area contributed by atoms with E-state index in [-0.39, 0.29) is 11.7 Å². The van der Waals surface area contributed by atoms with Crippen LogP contribution in [0.5, 0.6) is 0 Å². The van der Waals surface area contributed by atoms with Crippen molar-refractivity contribution in [1.29, 1.82) is 0 Å². The van der Waals surface area contributed by atoms with Crippen molar-refractivity contribution in [2.45, 2.75) is 6.54 Å². The van der Waals surface area contributed by atoms with E-state index in [0.717, 1.165) is 38.3 Å². The summed E-state index contributed by atoms with van der Waals surface area (Å²) < 4.78 is 12.9. The Balaban J connectivity index is 1.44. The third kappa shape index (κ3) is 5.42. The molecule has 0 saturated carbocycles. The van der Waals surface area contributed by atoms with Gasteiger partial charge in [0.15, 0.2) is 0 Å². The van der Waals surface area contributed by atoms with E-state index < -0.39 is 0 Å². The van der Waals surface area contributed by atoms with Crippen LogP contribution in [0, 0.1) is 5.82 Å². The van der Waals surface area contributed by atoms with Crippen LogP contribution in [0.3, 0.4) is 0 Å². The Morgan fingerprint density at radius 3 is 2.31 bits per heavy atom. The number of carbonyl (C=O) groups is 1. The fourth-order valence-corrected chi connectivity index (χ4v) is 3.40. The highest BCUT2D eigenvalue weighted by atomic mass is 35.5. The molecule has 1 aliphatic rings. The molecule has 1 fully saturated rings. The fourth-order valence-electron chi connectivity index (χ4n) is 2.93. The number of nitrogens with one attached hydrogen (secondary N) is 1. The number of rotatable bonds is 5.